The first kappa shape index (κ1) is 22.4. The summed E-state index contributed by atoms with van der Waals surface area (Å²) in [6.07, 6.45) is -2.83. The third kappa shape index (κ3) is 6.92. The summed E-state index contributed by atoms with van der Waals surface area (Å²) in [6.45, 7) is 1.77. The second-order valence-electron chi connectivity index (χ2n) is 6.18. The van der Waals surface area contributed by atoms with E-state index < -0.39 is 12.8 Å². The minimum Gasteiger partial charge on any atom is -0.493 e. The lowest BCUT2D eigenvalue weighted by atomic mass is 9.92. The summed E-state index contributed by atoms with van der Waals surface area (Å²) in [7, 11) is 1.36. The van der Waals surface area contributed by atoms with Crippen molar-refractivity contribution in [1.29, 1.82) is 0 Å². The number of carbonyl (C=O) groups excluding carboxylic acids is 1. The van der Waals surface area contributed by atoms with Gasteiger partial charge in [0.15, 0.2) is 18.1 Å². The smallest absolute Gasteiger partial charge is 0.422 e. The summed E-state index contributed by atoms with van der Waals surface area (Å²) in [5.74, 6) is 0.186. The van der Waals surface area contributed by atoms with Gasteiger partial charge in [-0.3, -0.25) is 4.79 Å². The molecule has 0 radical (unpaired) electrons. The van der Waals surface area contributed by atoms with Crippen LogP contribution in [0, 0.1) is 5.92 Å². The van der Waals surface area contributed by atoms with E-state index in [9.17, 15) is 18.0 Å². The van der Waals surface area contributed by atoms with Gasteiger partial charge < -0.3 is 20.1 Å². The number of alkyl halides is 3. The average Bonchev–Trinajstić information content (AvgIpc) is 2.57. The molecule has 1 aliphatic rings. The van der Waals surface area contributed by atoms with Crippen molar-refractivity contribution in [2.24, 2.45) is 5.92 Å². The molecule has 1 fully saturated rings. The van der Waals surface area contributed by atoms with E-state index in [4.69, 9.17) is 9.47 Å². The zero-order valence-electron chi connectivity index (χ0n) is 14.7. The van der Waals surface area contributed by atoms with Gasteiger partial charge in [0.25, 0.3) is 0 Å². The number of hydrogen-bond acceptors (Lipinski definition) is 4. The number of piperidine rings is 1. The van der Waals surface area contributed by atoms with Gasteiger partial charge in [-0.15, -0.1) is 12.4 Å². The molecule has 1 heterocycles. The average molecular weight is 397 g/mol. The Hall–Kier alpha value is -1.67. The van der Waals surface area contributed by atoms with Crippen molar-refractivity contribution in [3.8, 4) is 11.5 Å². The molecule has 0 saturated carbocycles. The number of ether oxygens (including phenoxy) is 2. The zero-order valence-corrected chi connectivity index (χ0v) is 15.5. The topological polar surface area (TPSA) is 59.6 Å². The van der Waals surface area contributed by atoms with Crippen molar-refractivity contribution in [1.82, 2.24) is 10.6 Å². The van der Waals surface area contributed by atoms with Crippen LogP contribution in [0.15, 0.2) is 18.2 Å². The highest BCUT2D eigenvalue weighted by Gasteiger charge is 2.29. The van der Waals surface area contributed by atoms with Crippen molar-refractivity contribution in [2.75, 3.05) is 20.3 Å². The summed E-state index contributed by atoms with van der Waals surface area (Å²) >= 11 is 0. The van der Waals surface area contributed by atoms with E-state index in [-0.39, 0.29) is 42.3 Å². The third-order valence-corrected chi connectivity index (χ3v) is 4.08. The summed E-state index contributed by atoms with van der Waals surface area (Å²) in [5, 5.41) is 6.17. The van der Waals surface area contributed by atoms with E-state index in [0.717, 1.165) is 24.9 Å². The van der Waals surface area contributed by atoms with Gasteiger partial charge in [0, 0.05) is 18.5 Å². The molecule has 1 amide bonds. The predicted octanol–water partition coefficient (Wildman–Crippen LogP) is 3.06. The molecule has 0 aliphatic carbocycles. The van der Waals surface area contributed by atoms with Crippen molar-refractivity contribution in [3.63, 3.8) is 0 Å². The van der Waals surface area contributed by atoms with Crippen LogP contribution in [0.5, 0.6) is 11.5 Å². The summed E-state index contributed by atoms with van der Waals surface area (Å²) < 4.78 is 46.6. The molecule has 1 aromatic carbocycles. The minimum absolute atomic E-state index is 0. The number of halogens is 4. The molecule has 0 aromatic heterocycles. The Kier molecular flexibility index (Phi) is 8.49. The van der Waals surface area contributed by atoms with Gasteiger partial charge in [0.1, 0.15) is 0 Å². The fraction of sp³-hybridized carbons (Fsp3) is 0.588. The van der Waals surface area contributed by atoms with Crippen LogP contribution >= 0.6 is 12.4 Å². The molecule has 0 unspecified atom stereocenters. The number of methoxy groups -OCH3 is 1. The number of amides is 1. The molecule has 1 aromatic rings. The van der Waals surface area contributed by atoms with Gasteiger partial charge in [-0.05, 0) is 44.0 Å². The molecule has 9 heteroatoms. The molecule has 2 N–H and O–H groups in total. The fourth-order valence-corrected chi connectivity index (χ4v) is 2.80. The number of carbonyl (C=O) groups is 1. The van der Waals surface area contributed by atoms with Gasteiger partial charge in [-0.2, -0.15) is 13.2 Å². The maximum absolute atomic E-state index is 12.3. The van der Waals surface area contributed by atoms with E-state index in [2.05, 4.69) is 10.6 Å². The summed E-state index contributed by atoms with van der Waals surface area (Å²) in [6, 6.07) is 4.91. The normalized spacial score (nSPS) is 20.0. The molecule has 5 nitrogen and oxygen atoms in total. The molecule has 2 rings (SSSR count). The molecule has 26 heavy (non-hydrogen) atoms. The quantitative estimate of drug-likeness (QED) is 0.776. The van der Waals surface area contributed by atoms with Crippen LogP contribution in [-0.4, -0.2) is 38.4 Å². The van der Waals surface area contributed by atoms with Gasteiger partial charge in [-0.1, -0.05) is 6.07 Å². The third-order valence-electron chi connectivity index (χ3n) is 4.08. The van der Waals surface area contributed by atoms with Crippen LogP contribution in [0.1, 0.15) is 25.3 Å². The number of nitrogens with one attached hydrogen (secondary N) is 2. The van der Waals surface area contributed by atoms with Gasteiger partial charge in [0.2, 0.25) is 5.91 Å². The largest absolute Gasteiger partial charge is 0.493 e. The van der Waals surface area contributed by atoms with E-state index in [0.29, 0.717) is 6.04 Å². The lowest BCUT2D eigenvalue weighted by Gasteiger charge is -2.27. The lowest BCUT2D eigenvalue weighted by molar-refractivity contribution is -0.153. The van der Waals surface area contributed by atoms with Crippen molar-refractivity contribution in [2.45, 2.75) is 38.5 Å². The van der Waals surface area contributed by atoms with Gasteiger partial charge >= 0.3 is 6.18 Å². The lowest BCUT2D eigenvalue weighted by Crippen LogP contribution is -2.42. The molecule has 1 saturated heterocycles. The van der Waals surface area contributed by atoms with Crippen LogP contribution in [0.4, 0.5) is 13.2 Å². The number of hydrogen-bond donors (Lipinski definition) is 2. The second kappa shape index (κ2) is 9.87. The van der Waals surface area contributed by atoms with Gasteiger partial charge in [0.05, 0.1) is 7.11 Å². The van der Waals surface area contributed by atoms with E-state index >= 15 is 0 Å². The van der Waals surface area contributed by atoms with Crippen LogP contribution < -0.4 is 20.1 Å². The highest BCUT2D eigenvalue weighted by atomic mass is 35.5. The first-order valence-corrected chi connectivity index (χ1v) is 8.16. The Morgan fingerprint density at radius 1 is 1.35 bits per heavy atom. The van der Waals surface area contributed by atoms with E-state index in [1.807, 2.05) is 6.92 Å². The van der Waals surface area contributed by atoms with Crippen LogP contribution in [0.3, 0.4) is 0 Å². The Morgan fingerprint density at radius 2 is 2.08 bits per heavy atom. The van der Waals surface area contributed by atoms with Crippen molar-refractivity contribution < 1.29 is 27.4 Å². The molecular formula is C17H24ClF3N2O3. The SMILES string of the molecule is COc1cc(CNC(=O)[C@H]2CCN[C@@H](C)C2)ccc1OCC(F)(F)F.Cl. The van der Waals surface area contributed by atoms with E-state index in [1.54, 1.807) is 12.1 Å². The highest BCUT2D eigenvalue weighted by molar-refractivity contribution is 5.85. The first-order chi connectivity index (χ1) is 11.8. The Morgan fingerprint density at radius 3 is 2.69 bits per heavy atom. The minimum atomic E-state index is -4.41. The molecule has 2 atom stereocenters. The van der Waals surface area contributed by atoms with Crippen LogP contribution in [0.2, 0.25) is 0 Å². The van der Waals surface area contributed by atoms with E-state index in [1.165, 1.54) is 13.2 Å². The van der Waals surface area contributed by atoms with Crippen LogP contribution in [0.25, 0.3) is 0 Å². The first-order valence-electron chi connectivity index (χ1n) is 8.16. The zero-order chi connectivity index (χ0) is 18.4. The molecule has 0 bridgehead atoms. The van der Waals surface area contributed by atoms with Crippen LogP contribution in [-0.2, 0) is 11.3 Å². The second-order valence-corrected chi connectivity index (χ2v) is 6.18. The monoisotopic (exact) mass is 396 g/mol. The highest BCUT2D eigenvalue weighted by Crippen LogP contribution is 2.29. The maximum Gasteiger partial charge on any atom is 0.422 e. The number of rotatable bonds is 6. The standard InChI is InChI=1S/C17H23F3N2O3.ClH/c1-11-7-13(5-6-21-11)16(23)22-9-12-3-4-14(15(8-12)24-2)25-10-17(18,19)20;/h3-4,8,11,13,21H,5-7,9-10H2,1-2H3,(H,22,23);1H/t11-,13-;/m0./s1. The molecule has 148 valence electrons. The predicted molar refractivity (Wildman–Crippen MR) is 93.8 cm³/mol. The Bertz CT molecular complexity index is 599. The molecule has 1 aliphatic heterocycles. The molecule has 0 spiro atoms. The van der Waals surface area contributed by atoms with Gasteiger partial charge in [-0.25, -0.2) is 0 Å². The Balaban J connectivity index is 0.00000338. The van der Waals surface area contributed by atoms with Crippen molar-refractivity contribution in [3.05, 3.63) is 23.8 Å². The Labute approximate surface area is 157 Å². The fourth-order valence-electron chi connectivity index (χ4n) is 2.80. The summed E-state index contributed by atoms with van der Waals surface area (Å²) in [4.78, 5) is 12.2. The number of benzene rings is 1. The maximum atomic E-state index is 12.3. The van der Waals surface area contributed by atoms with Crippen molar-refractivity contribution >= 4 is 18.3 Å². The molecular weight excluding hydrogens is 373 g/mol. The summed E-state index contributed by atoms with van der Waals surface area (Å²) in [5.41, 5.74) is 0.728.